The van der Waals surface area contributed by atoms with Crippen molar-refractivity contribution in [2.24, 2.45) is 5.18 Å². The predicted molar refractivity (Wildman–Crippen MR) is 91.5 cm³/mol. The average Bonchev–Trinajstić information content (AvgIpc) is 2.64. The van der Waals surface area contributed by atoms with Gasteiger partial charge in [-0.15, -0.1) is 4.91 Å². The van der Waals surface area contributed by atoms with Crippen LogP contribution in [0.25, 0.3) is 0 Å². The van der Waals surface area contributed by atoms with Crippen LogP contribution in [0.5, 0.6) is 0 Å². The standard InChI is InChI=1S/C19H14N2O2/c22-14-15-5-4-8-19(13-15)21(17-6-2-1-3-7-17)18-11-9-16(20-23)10-12-18/h1-4,6-13H,5H2. The number of para-hydroxylation sites is 1. The molecule has 0 amide bonds. The summed E-state index contributed by atoms with van der Waals surface area (Å²) in [6.07, 6.45) is 6.32. The van der Waals surface area contributed by atoms with Gasteiger partial charge in [-0.05, 0) is 53.7 Å². The van der Waals surface area contributed by atoms with Crippen LogP contribution in [0.4, 0.5) is 17.1 Å². The Bertz CT molecular complexity index is 814. The van der Waals surface area contributed by atoms with Crippen LogP contribution >= 0.6 is 0 Å². The lowest BCUT2D eigenvalue weighted by Crippen LogP contribution is -2.16. The van der Waals surface area contributed by atoms with E-state index in [1.165, 1.54) is 0 Å². The highest BCUT2D eigenvalue weighted by Crippen LogP contribution is 2.33. The van der Waals surface area contributed by atoms with E-state index in [9.17, 15) is 9.70 Å². The molecule has 2 aromatic carbocycles. The fourth-order valence-electron chi connectivity index (χ4n) is 2.49. The summed E-state index contributed by atoms with van der Waals surface area (Å²) in [7, 11) is 0. The molecule has 1 aliphatic rings. The lowest BCUT2D eigenvalue weighted by Gasteiger charge is -2.27. The van der Waals surface area contributed by atoms with Crippen LogP contribution in [0.1, 0.15) is 6.42 Å². The molecule has 0 atom stereocenters. The zero-order valence-corrected chi connectivity index (χ0v) is 12.3. The lowest BCUT2D eigenvalue weighted by molar-refractivity contribution is 0.567. The minimum Gasteiger partial charge on any atom is -0.310 e. The highest BCUT2D eigenvalue weighted by atomic mass is 16.3. The Morgan fingerprint density at radius 3 is 2.30 bits per heavy atom. The average molecular weight is 302 g/mol. The number of allylic oxidation sites excluding steroid dienone is 4. The molecule has 0 unspecified atom stereocenters. The third-order valence-corrected chi connectivity index (χ3v) is 3.57. The van der Waals surface area contributed by atoms with Crippen molar-refractivity contribution in [1.29, 1.82) is 0 Å². The summed E-state index contributed by atoms with van der Waals surface area (Å²) in [6, 6.07) is 16.8. The van der Waals surface area contributed by atoms with E-state index in [-0.39, 0.29) is 0 Å². The summed E-state index contributed by atoms with van der Waals surface area (Å²) in [6.45, 7) is 0. The van der Waals surface area contributed by atoms with Crippen LogP contribution in [0, 0.1) is 4.91 Å². The first kappa shape index (κ1) is 14.7. The van der Waals surface area contributed by atoms with Crippen molar-refractivity contribution in [1.82, 2.24) is 0 Å². The second-order valence-corrected chi connectivity index (χ2v) is 5.08. The van der Waals surface area contributed by atoms with Gasteiger partial charge in [0.15, 0.2) is 0 Å². The Balaban J connectivity index is 2.10. The van der Waals surface area contributed by atoms with Gasteiger partial charge in [0.1, 0.15) is 11.6 Å². The molecule has 4 heteroatoms. The van der Waals surface area contributed by atoms with Gasteiger partial charge in [-0.3, -0.25) is 0 Å². The van der Waals surface area contributed by atoms with Crippen molar-refractivity contribution >= 4 is 23.0 Å². The summed E-state index contributed by atoms with van der Waals surface area (Å²) < 4.78 is 0. The van der Waals surface area contributed by atoms with Gasteiger partial charge in [-0.25, -0.2) is 4.79 Å². The zero-order chi connectivity index (χ0) is 16.1. The van der Waals surface area contributed by atoms with Crippen LogP contribution in [0.3, 0.4) is 0 Å². The molecule has 23 heavy (non-hydrogen) atoms. The number of nitroso groups, excluding NO2 is 1. The maximum absolute atomic E-state index is 11.0. The Kier molecular flexibility index (Phi) is 4.27. The largest absolute Gasteiger partial charge is 0.310 e. The van der Waals surface area contributed by atoms with Gasteiger partial charge in [0.25, 0.3) is 0 Å². The molecule has 2 aromatic rings. The molecule has 0 aromatic heterocycles. The second kappa shape index (κ2) is 6.69. The van der Waals surface area contributed by atoms with Gasteiger partial charge < -0.3 is 4.90 Å². The molecule has 112 valence electrons. The normalized spacial score (nSPS) is 13.2. The molecule has 0 spiro atoms. The van der Waals surface area contributed by atoms with Gasteiger partial charge in [0.05, 0.1) is 0 Å². The SMILES string of the molecule is O=C=C1C=C(N(c2ccccc2)c2ccc(N=O)cc2)C=CC1. The third kappa shape index (κ3) is 3.18. The first-order valence-corrected chi connectivity index (χ1v) is 7.22. The molecule has 0 heterocycles. The molecule has 4 nitrogen and oxygen atoms in total. The number of nitrogens with zero attached hydrogens (tertiary/aromatic N) is 2. The van der Waals surface area contributed by atoms with E-state index in [1.54, 1.807) is 12.1 Å². The van der Waals surface area contributed by atoms with Crippen molar-refractivity contribution in [3.63, 3.8) is 0 Å². The monoisotopic (exact) mass is 302 g/mol. The number of hydrogen-bond acceptors (Lipinski definition) is 4. The van der Waals surface area contributed by atoms with Crippen LogP contribution in [-0.4, -0.2) is 5.94 Å². The Morgan fingerprint density at radius 1 is 0.957 bits per heavy atom. The second-order valence-electron chi connectivity index (χ2n) is 5.08. The Morgan fingerprint density at radius 2 is 1.65 bits per heavy atom. The maximum atomic E-state index is 11.0. The number of hydrogen-bond donors (Lipinski definition) is 0. The zero-order valence-electron chi connectivity index (χ0n) is 12.3. The van der Waals surface area contributed by atoms with E-state index in [4.69, 9.17) is 0 Å². The van der Waals surface area contributed by atoms with E-state index < -0.39 is 0 Å². The molecule has 1 aliphatic carbocycles. The fraction of sp³-hybridized carbons (Fsp3) is 0.0526. The van der Waals surface area contributed by atoms with Crippen molar-refractivity contribution < 1.29 is 4.79 Å². The van der Waals surface area contributed by atoms with Gasteiger partial charge in [-0.1, -0.05) is 24.3 Å². The van der Waals surface area contributed by atoms with Crippen molar-refractivity contribution in [3.8, 4) is 0 Å². The molecule has 0 bridgehead atoms. The Hall–Kier alpha value is -3.23. The molecule has 0 radical (unpaired) electrons. The molecule has 3 rings (SSSR count). The minimum absolute atomic E-state index is 0.378. The first-order valence-electron chi connectivity index (χ1n) is 7.22. The molecule has 0 saturated heterocycles. The summed E-state index contributed by atoms with van der Waals surface area (Å²) in [5, 5.41) is 2.93. The highest BCUT2D eigenvalue weighted by Gasteiger charge is 2.15. The highest BCUT2D eigenvalue weighted by molar-refractivity contribution is 5.73. The third-order valence-electron chi connectivity index (χ3n) is 3.57. The van der Waals surface area contributed by atoms with Crippen LogP contribution in [0.2, 0.25) is 0 Å². The molecular formula is C19H14N2O2. The van der Waals surface area contributed by atoms with E-state index in [1.807, 2.05) is 71.5 Å². The lowest BCUT2D eigenvalue weighted by atomic mass is 10.1. The first-order chi connectivity index (χ1) is 11.3. The van der Waals surface area contributed by atoms with E-state index in [2.05, 4.69) is 5.18 Å². The number of anilines is 2. The van der Waals surface area contributed by atoms with Crippen LogP contribution < -0.4 is 4.90 Å². The summed E-state index contributed by atoms with van der Waals surface area (Å²) >= 11 is 0. The summed E-state index contributed by atoms with van der Waals surface area (Å²) in [5.74, 6) is 1.97. The van der Waals surface area contributed by atoms with Crippen molar-refractivity contribution in [2.45, 2.75) is 6.42 Å². The van der Waals surface area contributed by atoms with Gasteiger partial charge in [0.2, 0.25) is 0 Å². The van der Waals surface area contributed by atoms with Crippen molar-refractivity contribution in [3.05, 3.63) is 89.0 Å². The molecule has 0 aliphatic heterocycles. The number of rotatable bonds is 4. The topological polar surface area (TPSA) is 49.7 Å². The minimum atomic E-state index is 0.378. The smallest absolute Gasteiger partial charge is 0.128 e. The Labute approximate surface area is 134 Å². The van der Waals surface area contributed by atoms with E-state index >= 15 is 0 Å². The van der Waals surface area contributed by atoms with Gasteiger partial charge in [-0.2, -0.15) is 0 Å². The molecular weight excluding hydrogens is 288 g/mol. The number of benzene rings is 2. The fourth-order valence-corrected chi connectivity index (χ4v) is 2.49. The summed E-state index contributed by atoms with van der Waals surface area (Å²) in [5.41, 5.74) is 3.69. The van der Waals surface area contributed by atoms with Crippen molar-refractivity contribution in [2.75, 3.05) is 4.90 Å². The number of carbonyl (C=O) groups excluding carboxylic acids is 1. The maximum Gasteiger partial charge on any atom is 0.128 e. The molecule has 0 saturated carbocycles. The van der Waals surface area contributed by atoms with Gasteiger partial charge in [0, 0.05) is 29.1 Å². The van der Waals surface area contributed by atoms with E-state index in [0.717, 1.165) is 17.1 Å². The summed E-state index contributed by atoms with van der Waals surface area (Å²) in [4.78, 5) is 23.6. The van der Waals surface area contributed by atoms with Crippen LogP contribution in [-0.2, 0) is 4.79 Å². The molecule has 0 fully saturated rings. The van der Waals surface area contributed by atoms with E-state index in [0.29, 0.717) is 17.7 Å². The molecule has 0 N–H and O–H groups in total. The van der Waals surface area contributed by atoms with Gasteiger partial charge >= 0.3 is 0 Å². The predicted octanol–water partition coefficient (Wildman–Crippen LogP) is 4.82. The quantitative estimate of drug-likeness (QED) is 0.600. The van der Waals surface area contributed by atoms with Crippen LogP contribution in [0.15, 0.2) is 89.3 Å².